The maximum absolute atomic E-state index is 13.0. The molecule has 0 fully saturated rings. The fourth-order valence-electron chi connectivity index (χ4n) is 3.81. The topological polar surface area (TPSA) is 101 Å². The lowest BCUT2D eigenvalue weighted by Crippen LogP contribution is -2.20. The number of alkyl halides is 3. The predicted octanol–water partition coefficient (Wildman–Crippen LogP) is 6.38. The molecule has 0 radical (unpaired) electrons. The number of nitro groups is 1. The van der Waals surface area contributed by atoms with Gasteiger partial charge in [0.2, 0.25) is 11.6 Å². The monoisotopic (exact) mass is 538 g/mol. The number of ether oxygens (including phenoxy) is 3. The van der Waals surface area contributed by atoms with Crippen LogP contribution in [0.4, 0.5) is 18.9 Å². The number of nitrogens with zero attached hydrogens (tertiary/aromatic N) is 2. The number of hydrogen-bond acceptors (Lipinski definition) is 7. The van der Waals surface area contributed by atoms with Crippen LogP contribution in [0.15, 0.2) is 91.1 Å². The van der Waals surface area contributed by atoms with Crippen molar-refractivity contribution in [1.29, 1.82) is 0 Å². The number of rotatable bonds is 11. The van der Waals surface area contributed by atoms with Gasteiger partial charge in [-0.1, -0.05) is 66.7 Å². The highest BCUT2D eigenvalue weighted by Gasteiger charge is 2.35. The average Bonchev–Trinajstić information content (AvgIpc) is 2.92. The van der Waals surface area contributed by atoms with Crippen LogP contribution >= 0.6 is 0 Å². The van der Waals surface area contributed by atoms with Crippen LogP contribution in [-0.4, -0.2) is 22.6 Å². The molecule has 0 saturated carbocycles. The van der Waals surface area contributed by atoms with Gasteiger partial charge >= 0.3 is 12.0 Å². The van der Waals surface area contributed by atoms with Crippen molar-refractivity contribution in [3.05, 3.63) is 123 Å². The summed E-state index contributed by atoms with van der Waals surface area (Å²) in [6.45, 7) is -0.0176. The zero-order chi connectivity index (χ0) is 27.8. The fourth-order valence-corrected chi connectivity index (χ4v) is 3.81. The molecule has 8 nitrogen and oxygen atoms in total. The van der Waals surface area contributed by atoms with Crippen LogP contribution in [0, 0.1) is 10.1 Å². The summed E-state index contributed by atoms with van der Waals surface area (Å²) in [5, 5.41) is 12.1. The summed E-state index contributed by atoms with van der Waals surface area (Å²) in [6.07, 6.45) is -3.64. The van der Waals surface area contributed by atoms with Gasteiger partial charge in [-0.2, -0.15) is 0 Å². The quantitative estimate of drug-likeness (QED) is 0.124. The largest absolute Gasteiger partial charge is 0.574 e. The second-order valence-corrected chi connectivity index (χ2v) is 8.23. The van der Waals surface area contributed by atoms with E-state index in [1.807, 2.05) is 12.1 Å². The van der Waals surface area contributed by atoms with E-state index in [0.29, 0.717) is 6.29 Å². The van der Waals surface area contributed by atoms with Crippen molar-refractivity contribution in [2.75, 3.05) is 0 Å². The van der Waals surface area contributed by atoms with Gasteiger partial charge < -0.3 is 19.0 Å². The van der Waals surface area contributed by atoms with Gasteiger partial charge in [0, 0.05) is 17.8 Å². The number of benzene rings is 3. The minimum Gasteiger partial charge on any atom is -0.485 e. The Morgan fingerprint density at radius 1 is 0.897 bits per heavy atom. The number of nitro benzene ring substituents is 1. The highest BCUT2D eigenvalue weighted by atomic mass is 19.4. The van der Waals surface area contributed by atoms with E-state index in [4.69, 9.17) is 9.47 Å². The van der Waals surface area contributed by atoms with Crippen molar-refractivity contribution in [3.8, 4) is 17.4 Å². The third-order valence-corrected chi connectivity index (χ3v) is 5.56. The van der Waals surface area contributed by atoms with Gasteiger partial charge in [0.25, 0.3) is 0 Å². The molecule has 4 rings (SSSR count). The van der Waals surface area contributed by atoms with E-state index in [9.17, 15) is 28.1 Å². The first-order valence-electron chi connectivity index (χ1n) is 11.6. The minimum atomic E-state index is -5.07. The molecule has 1 unspecified atom stereocenters. The molecule has 0 aliphatic rings. The molecule has 4 aromatic rings. The van der Waals surface area contributed by atoms with Gasteiger partial charge in [-0.15, -0.1) is 13.2 Å². The summed E-state index contributed by atoms with van der Waals surface area (Å²) in [5.41, 5.74) is 0.720. The van der Waals surface area contributed by atoms with Crippen molar-refractivity contribution in [1.82, 2.24) is 4.98 Å². The number of carbonyl (C=O) groups is 1. The Morgan fingerprint density at radius 2 is 1.51 bits per heavy atom. The molecule has 1 atom stereocenters. The number of hydrogen-bond donors (Lipinski definition) is 0. The van der Waals surface area contributed by atoms with Crippen LogP contribution in [0.1, 0.15) is 28.2 Å². The smallest absolute Gasteiger partial charge is 0.485 e. The Kier molecular flexibility index (Phi) is 8.40. The first-order valence-corrected chi connectivity index (χ1v) is 11.6. The molecule has 200 valence electrons. The number of halogens is 3. The Balaban J connectivity index is 1.79. The molecule has 0 aliphatic heterocycles. The number of pyridine rings is 1. The molecule has 39 heavy (non-hydrogen) atoms. The van der Waals surface area contributed by atoms with Crippen molar-refractivity contribution < 1.29 is 37.1 Å². The van der Waals surface area contributed by atoms with Gasteiger partial charge in [0.05, 0.1) is 10.8 Å². The maximum atomic E-state index is 13.0. The van der Waals surface area contributed by atoms with E-state index in [1.54, 1.807) is 48.5 Å². The van der Waals surface area contributed by atoms with Crippen molar-refractivity contribution in [2.24, 2.45) is 0 Å². The molecule has 3 aromatic carbocycles. The van der Waals surface area contributed by atoms with E-state index in [-0.39, 0.29) is 35.8 Å². The summed E-state index contributed by atoms with van der Waals surface area (Å²) < 4.78 is 54.7. The van der Waals surface area contributed by atoms with E-state index < -0.39 is 28.8 Å². The Morgan fingerprint density at radius 3 is 2.08 bits per heavy atom. The molecule has 0 spiro atoms. The highest BCUT2D eigenvalue weighted by molar-refractivity contribution is 5.72. The molecule has 0 bridgehead atoms. The molecule has 0 N–H and O–H groups in total. The summed E-state index contributed by atoms with van der Waals surface area (Å²) in [7, 11) is 0. The van der Waals surface area contributed by atoms with Gasteiger partial charge in [-0.3, -0.25) is 10.1 Å². The SMILES string of the molecule is O=CC(c1cc(OCc2ccccc2)c(OCc2ccccc2)c([N+](=O)[O-])c1)c1cccnc1OC(F)(F)F. The predicted molar refractivity (Wildman–Crippen MR) is 133 cm³/mol. The van der Waals surface area contributed by atoms with E-state index >= 15 is 0 Å². The van der Waals surface area contributed by atoms with E-state index in [0.717, 1.165) is 23.4 Å². The Hall–Kier alpha value is -4.93. The lowest BCUT2D eigenvalue weighted by molar-refractivity contribution is -0.386. The first kappa shape index (κ1) is 27.1. The van der Waals surface area contributed by atoms with Gasteiger partial charge in [-0.25, -0.2) is 4.98 Å². The summed E-state index contributed by atoms with van der Waals surface area (Å²) in [4.78, 5) is 27.2. The molecular weight excluding hydrogens is 517 g/mol. The third-order valence-electron chi connectivity index (χ3n) is 5.56. The van der Waals surface area contributed by atoms with Gasteiger partial charge in [0.1, 0.15) is 19.5 Å². The number of carbonyl (C=O) groups excluding carboxylic acids is 1. The Bertz CT molecular complexity index is 1430. The van der Waals surface area contributed by atoms with Crippen LogP contribution in [-0.2, 0) is 18.0 Å². The second kappa shape index (κ2) is 12.1. The van der Waals surface area contributed by atoms with Crippen molar-refractivity contribution in [2.45, 2.75) is 25.5 Å². The minimum absolute atomic E-state index is 0.00419. The molecule has 0 aliphatic carbocycles. The zero-order valence-corrected chi connectivity index (χ0v) is 20.2. The molecule has 1 heterocycles. The summed E-state index contributed by atoms with van der Waals surface area (Å²) in [5.74, 6) is -2.49. The molecule has 11 heteroatoms. The maximum Gasteiger partial charge on any atom is 0.574 e. The van der Waals surface area contributed by atoms with Crippen LogP contribution in [0.3, 0.4) is 0 Å². The van der Waals surface area contributed by atoms with Crippen molar-refractivity contribution >= 4 is 12.0 Å². The first-order chi connectivity index (χ1) is 18.7. The van der Waals surface area contributed by atoms with Crippen LogP contribution in [0.25, 0.3) is 0 Å². The normalized spacial score (nSPS) is 11.9. The highest BCUT2D eigenvalue weighted by Crippen LogP contribution is 2.43. The number of aldehydes is 1. The molecule has 0 saturated heterocycles. The standard InChI is InChI=1S/C28H21F3N2O6/c29-28(30,31)39-27-22(12-7-13-32-27)23(16-34)21-14-24(33(35)36)26(38-18-20-10-5-2-6-11-20)25(15-21)37-17-19-8-3-1-4-9-19/h1-16,23H,17-18H2. The third kappa shape index (κ3) is 7.10. The lowest BCUT2D eigenvalue weighted by atomic mass is 9.92. The van der Waals surface area contributed by atoms with Crippen LogP contribution in [0.5, 0.6) is 17.4 Å². The molecule has 0 amide bonds. The van der Waals surface area contributed by atoms with Gasteiger partial charge in [0.15, 0.2) is 5.75 Å². The zero-order valence-electron chi connectivity index (χ0n) is 20.2. The fraction of sp³-hybridized carbons (Fsp3) is 0.143. The van der Waals surface area contributed by atoms with E-state index in [2.05, 4.69) is 9.72 Å². The molecular formula is C28H21F3N2O6. The van der Waals surface area contributed by atoms with Crippen LogP contribution < -0.4 is 14.2 Å². The summed E-state index contributed by atoms with van der Waals surface area (Å²) in [6, 6.07) is 22.8. The lowest BCUT2D eigenvalue weighted by Gasteiger charge is -2.19. The second-order valence-electron chi connectivity index (χ2n) is 8.23. The number of aromatic nitrogens is 1. The van der Waals surface area contributed by atoms with Gasteiger partial charge in [-0.05, 0) is 28.8 Å². The van der Waals surface area contributed by atoms with Crippen LogP contribution in [0.2, 0.25) is 0 Å². The van der Waals surface area contributed by atoms with E-state index in [1.165, 1.54) is 18.2 Å². The molecule has 1 aromatic heterocycles. The Labute approximate surface area is 220 Å². The van der Waals surface area contributed by atoms with Crippen molar-refractivity contribution in [3.63, 3.8) is 0 Å². The average molecular weight is 538 g/mol. The summed E-state index contributed by atoms with van der Waals surface area (Å²) >= 11 is 0.